The minimum atomic E-state index is -3.33. The molecule has 0 saturated carbocycles. The number of aryl methyl sites for hydroxylation is 1. The Kier molecular flexibility index (Phi) is 4.88. The number of hydrogen-bond acceptors (Lipinski definition) is 5. The van der Waals surface area contributed by atoms with E-state index in [1.54, 1.807) is 56.6 Å². The number of nitriles is 1. The van der Waals surface area contributed by atoms with E-state index in [1.807, 2.05) is 29.7 Å². The van der Waals surface area contributed by atoms with Gasteiger partial charge in [0.2, 0.25) is 0 Å². The van der Waals surface area contributed by atoms with Gasteiger partial charge in [0.1, 0.15) is 6.07 Å². The first-order valence-electron chi connectivity index (χ1n) is 9.50. The molecule has 0 atom stereocenters. The van der Waals surface area contributed by atoms with E-state index in [4.69, 9.17) is 0 Å². The molecule has 0 saturated heterocycles. The van der Waals surface area contributed by atoms with E-state index >= 15 is 0 Å². The molecule has 0 fully saturated rings. The maximum absolute atomic E-state index is 12.4. The van der Waals surface area contributed by atoms with Gasteiger partial charge in [-0.05, 0) is 45.0 Å². The molecule has 0 radical (unpaired) electrons. The number of hydrogen-bond donors (Lipinski definition) is 0. The van der Waals surface area contributed by atoms with E-state index in [9.17, 15) is 13.7 Å². The van der Waals surface area contributed by atoms with Gasteiger partial charge in [-0.2, -0.15) is 5.26 Å². The van der Waals surface area contributed by atoms with Crippen LogP contribution < -0.4 is 0 Å². The summed E-state index contributed by atoms with van der Waals surface area (Å²) >= 11 is 0. The molecule has 6 nitrogen and oxygen atoms in total. The van der Waals surface area contributed by atoms with Crippen LogP contribution in [-0.4, -0.2) is 28.0 Å². The predicted octanol–water partition coefficient (Wildman–Crippen LogP) is 4.43. The third-order valence-corrected chi connectivity index (χ3v) is 7.24. The zero-order valence-corrected chi connectivity index (χ0v) is 17.7. The van der Waals surface area contributed by atoms with Crippen LogP contribution in [0, 0.1) is 18.3 Å². The first kappa shape index (κ1) is 19.8. The second kappa shape index (κ2) is 7.39. The van der Waals surface area contributed by atoms with Gasteiger partial charge in [0.25, 0.3) is 0 Å². The Morgan fingerprint density at radius 3 is 2.27 bits per heavy atom. The summed E-state index contributed by atoms with van der Waals surface area (Å²) in [6.45, 7) is 5.25. The molecule has 0 aliphatic rings. The Labute approximate surface area is 175 Å². The standard InChI is InChI=1S/C23H20N4O2S/c1-15(2)30(28,29)21-8-6-17(7-9-21)22-13-26-23-19(11-24)10-20(14-27(22)23)18-5-4-16(3)25-12-18/h4-10,12-15H,1-3H3. The lowest BCUT2D eigenvalue weighted by molar-refractivity contribution is 0.587. The maximum atomic E-state index is 12.4. The minimum absolute atomic E-state index is 0.291. The molecule has 4 rings (SSSR count). The normalized spacial score (nSPS) is 11.7. The lowest BCUT2D eigenvalue weighted by Gasteiger charge is -2.10. The lowest BCUT2D eigenvalue weighted by atomic mass is 10.1. The van der Waals surface area contributed by atoms with Crippen LogP contribution in [0.25, 0.3) is 28.0 Å². The third kappa shape index (κ3) is 3.36. The quantitative estimate of drug-likeness (QED) is 0.491. The number of rotatable bonds is 4. The topological polar surface area (TPSA) is 88.1 Å². The molecule has 0 amide bonds. The summed E-state index contributed by atoms with van der Waals surface area (Å²) in [5.41, 5.74) is 5.26. The summed E-state index contributed by atoms with van der Waals surface area (Å²) in [5.74, 6) is 0. The first-order valence-corrected chi connectivity index (χ1v) is 11.0. The van der Waals surface area contributed by atoms with Gasteiger partial charge in [-0.25, -0.2) is 13.4 Å². The molecule has 0 aliphatic heterocycles. The van der Waals surface area contributed by atoms with Crippen molar-refractivity contribution in [3.63, 3.8) is 0 Å². The van der Waals surface area contributed by atoms with Gasteiger partial charge < -0.3 is 0 Å². The van der Waals surface area contributed by atoms with Crippen LogP contribution in [0.4, 0.5) is 0 Å². The van der Waals surface area contributed by atoms with Gasteiger partial charge >= 0.3 is 0 Å². The zero-order chi connectivity index (χ0) is 21.5. The van der Waals surface area contributed by atoms with Gasteiger partial charge in [-0.1, -0.05) is 18.2 Å². The molecule has 0 bridgehead atoms. The molecule has 150 valence electrons. The first-order chi connectivity index (χ1) is 14.3. The highest BCUT2D eigenvalue weighted by Gasteiger charge is 2.19. The highest BCUT2D eigenvalue weighted by molar-refractivity contribution is 7.92. The van der Waals surface area contributed by atoms with Gasteiger partial charge in [0.05, 0.1) is 27.6 Å². The van der Waals surface area contributed by atoms with E-state index in [2.05, 4.69) is 16.0 Å². The van der Waals surface area contributed by atoms with Gasteiger partial charge in [0, 0.05) is 34.8 Å². The minimum Gasteiger partial charge on any atom is -0.298 e. The van der Waals surface area contributed by atoms with Gasteiger partial charge in [-0.15, -0.1) is 0 Å². The molecular formula is C23H20N4O2S. The average molecular weight is 417 g/mol. The van der Waals surface area contributed by atoms with Crippen LogP contribution in [-0.2, 0) is 9.84 Å². The third-order valence-electron chi connectivity index (χ3n) is 5.07. The molecule has 1 aromatic carbocycles. The van der Waals surface area contributed by atoms with Crippen LogP contribution in [0.3, 0.4) is 0 Å². The van der Waals surface area contributed by atoms with E-state index in [-0.39, 0.29) is 0 Å². The number of fused-ring (bicyclic) bond motifs is 1. The molecule has 0 unspecified atom stereocenters. The van der Waals surface area contributed by atoms with Crippen molar-refractivity contribution in [3.05, 3.63) is 72.3 Å². The number of aromatic nitrogens is 3. The summed E-state index contributed by atoms with van der Waals surface area (Å²) in [7, 11) is -3.33. The Balaban J connectivity index is 1.85. The fourth-order valence-electron chi connectivity index (χ4n) is 3.27. The van der Waals surface area contributed by atoms with Crippen LogP contribution in [0.15, 0.2) is 66.0 Å². The Bertz CT molecular complexity index is 1380. The van der Waals surface area contributed by atoms with Crippen LogP contribution in [0.5, 0.6) is 0 Å². The van der Waals surface area contributed by atoms with Gasteiger partial charge in [-0.3, -0.25) is 9.38 Å². The highest BCUT2D eigenvalue weighted by atomic mass is 32.2. The lowest BCUT2D eigenvalue weighted by Crippen LogP contribution is -2.13. The number of nitrogens with zero attached hydrogens (tertiary/aromatic N) is 4. The fraction of sp³-hybridized carbons (Fsp3) is 0.174. The van der Waals surface area contributed by atoms with E-state index in [0.717, 1.165) is 28.1 Å². The Hall–Kier alpha value is -3.50. The van der Waals surface area contributed by atoms with Crippen LogP contribution >= 0.6 is 0 Å². The Morgan fingerprint density at radius 1 is 0.967 bits per heavy atom. The van der Waals surface area contributed by atoms with Crippen molar-refractivity contribution in [2.75, 3.05) is 0 Å². The van der Waals surface area contributed by atoms with Crippen LogP contribution in [0.2, 0.25) is 0 Å². The fourth-order valence-corrected chi connectivity index (χ4v) is 4.33. The van der Waals surface area contributed by atoms with E-state index < -0.39 is 15.1 Å². The number of sulfone groups is 1. The summed E-state index contributed by atoms with van der Waals surface area (Å²) < 4.78 is 26.6. The van der Waals surface area contributed by atoms with Crippen molar-refractivity contribution in [2.45, 2.75) is 30.9 Å². The van der Waals surface area contributed by atoms with E-state index in [1.165, 1.54) is 0 Å². The molecule has 0 spiro atoms. The molecule has 3 aromatic heterocycles. The predicted molar refractivity (Wildman–Crippen MR) is 116 cm³/mol. The zero-order valence-electron chi connectivity index (χ0n) is 16.9. The van der Waals surface area contributed by atoms with Crippen molar-refractivity contribution in [1.29, 1.82) is 5.26 Å². The number of pyridine rings is 2. The number of imidazole rings is 1. The van der Waals surface area contributed by atoms with Crippen molar-refractivity contribution < 1.29 is 8.42 Å². The van der Waals surface area contributed by atoms with Gasteiger partial charge in [0.15, 0.2) is 15.5 Å². The summed E-state index contributed by atoms with van der Waals surface area (Å²) in [6, 6.07) is 14.7. The SMILES string of the molecule is Cc1ccc(-c2cc(C#N)c3ncc(-c4ccc(S(=O)(=O)C(C)C)cc4)n3c2)cn1. The smallest absolute Gasteiger partial charge is 0.180 e. The second-order valence-electron chi connectivity index (χ2n) is 7.40. The Morgan fingerprint density at radius 2 is 1.67 bits per heavy atom. The maximum Gasteiger partial charge on any atom is 0.180 e. The second-order valence-corrected chi connectivity index (χ2v) is 9.90. The molecule has 30 heavy (non-hydrogen) atoms. The van der Waals surface area contributed by atoms with Crippen molar-refractivity contribution >= 4 is 15.5 Å². The molecular weight excluding hydrogens is 396 g/mol. The van der Waals surface area contributed by atoms with Crippen molar-refractivity contribution in [2.24, 2.45) is 0 Å². The van der Waals surface area contributed by atoms with Crippen molar-refractivity contribution in [1.82, 2.24) is 14.4 Å². The van der Waals surface area contributed by atoms with E-state index in [0.29, 0.717) is 16.1 Å². The molecule has 7 heteroatoms. The highest BCUT2D eigenvalue weighted by Crippen LogP contribution is 2.28. The monoisotopic (exact) mass is 416 g/mol. The molecule has 3 heterocycles. The van der Waals surface area contributed by atoms with Crippen LogP contribution in [0.1, 0.15) is 25.1 Å². The largest absolute Gasteiger partial charge is 0.298 e. The molecule has 0 N–H and O–H groups in total. The van der Waals surface area contributed by atoms with Crippen molar-refractivity contribution in [3.8, 4) is 28.5 Å². The number of benzene rings is 1. The summed E-state index contributed by atoms with van der Waals surface area (Å²) in [4.78, 5) is 9.05. The molecule has 4 aromatic rings. The summed E-state index contributed by atoms with van der Waals surface area (Å²) in [5, 5.41) is 9.14. The summed E-state index contributed by atoms with van der Waals surface area (Å²) in [6.07, 6.45) is 5.39. The molecule has 0 aliphatic carbocycles. The average Bonchev–Trinajstić information content (AvgIpc) is 3.17.